The Bertz CT molecular complexity index is 900. The van der Waals surface area contributed by atoms with Crippen LogP contribution in [0.4, 0.5) is 5.69 Å². The first-order valence-electron chi connectivity index (χ1n) is 10.7. The molecule has 0 bridgehead atoms. The minimum Gasteiger partial charge on any atom is -0.371 e. The average Bonchev–Trinajstić information content (AvgIpc) is 3.26. The van der Waals surface area contributed by atoms with E-state index in [9.17, 15) is 4.79 Å². The minimum atomic E-state index is -0.436. The van der Waals surface area contributed by atoms with Crippen molar-refractivity contribution in [1.82, 2.24) is 25.5 Å². The highest BCUT2D eigenvalue weighted by molar-refractivity contribution is 5.77. The summed E-state index contributed by atoms with van der Waals surface area (Å²) in [6, 6.07) is 8.49. The van der Waals surface area contributed by atoms with E-state index >= 15 is 0 Å². The molecule has 158 valence electrons. The van der Waals surface area contributed by atoms with Crippen LogP contribution < -0.4 is 15.5 Å². The summed E-state index contributed by atoms with van der Waals surface area (Å²) in [5, 5.41) is 6.85. The highest BCUT2D eigenvalue weighted by atomic mass is 16.5. The number of nitrogens with one attached hydrogen (secondary N) is 2. The second-order valence-corrected chi connectivity index (χ2v) is 8.29. The van der Waals surface area contributed by atoms with Gasteiger partial charge in [0.25, 0.3) is 0 Å². The first kappa shape index (κ1) is 19.4. The van der Waals surface area contributed by atoms with Gasteiger partial charge in [-0.2, -0.15) is 0 Å². The van der Waals surface area contributed by atoms with Crippen molar-refractivity contribution in [2.24, 2.45) is 0 Å². The average molecular weight is 409 g/mol. The van der Waals surface area contributed by atoms with E-state index in [0.717, 1.165) is 44.7 Å². The van der Waals surface area contributed by atoms with E-state index < -0.39 is 6.35 Å². The molecule has 2 aromatic rings. The molecule has 4 heterocycles. The Labute approximate surface area is 176 Å². The zero-order valence-corrected chi connectivity index (χ0v) is 17.3. The second-order valence-electron chi connectivity index (χ2n) is 8.29. The van der Waals surface area contributed by atoms with Crippen molar-refractivity contribution < 1.29 is 9.53 Å². The van der Waals surface area contributed by atoms with E-state index in [0.29, 0.717) is 6.42 Å². The molecule has 2 atom stereocenters. The van der Waals surface area contributed by atoms with Gasteiger partial charge in [0.15, 0.2) is 6.35 Å². The van der Waals surface area contributed by atoms with Crippen LogP contribution in [0.15, 0.2) is 36.8 Å². The zero-order chi connectivity index (χ0) is 20.5. The van der Waals surface area contributed by atoms with Crippen LogP contribution in [0.25, 0.3) is 0 Å². The monoisotopic (exact) mass is 408 g/mol. The van der Waals surface area contributed by atoms with Crippen LogP contribution >= 0.6 is 0 Å². The molecule has 1 aromatic carbocycles. The Morgan fingerprint density at radius 1 is 1.13 bits per heavy atom. The minimum absolute atomic E-state index is 0.0616. The van der Waals surface area contributed by atoms with Gasteiger partial charge in [0.05, 0.1) is 17.8 Å². The number of aromatic nitrogens is 2. The van der Waals surface area contributed by atoms with Gasteiger partial charge in [-0.05, 0) is 42.2 Å². The summed E-state index contributed by atoms with van der Waals surface area (Å²) in [7, 11) is 1.80. The molecule has 2 saturated heterocycles. The van der Waals surface area contributed by atoms with E-state index in [-0.39, 0.29) is 18.1 Å². The van der Waals surface area contributed by atoms with E-state index in [4.69, 9.17) is 4.74 Å². The summed E-state index contributed by atoms with van der Waals surface area (Å²) < 4.78 is 6.34. The van der Waals surface area contributed by atoms with Crippen LogP contribution in [-0.2, 0) is 22.6 Å². The molecule has 0 aliphatic carbocycles. The lowest BCUT2D eigenvalue weighted by Gasteiger charge is -2.41. The molecule has 8 nitrogen and oxygen atoms in total. The Kier molecular flexibility index (Phi) is 5.37. The molecule has 0 spiro atoms. The van der Waals surface area contributed by atoms with Gasteiger partial charge >= 0.3 is 0 Å². The van der Waals surface area contributed by atoms with Crippen molar-refractivity contribution in [2.45, 2.75) is 50.8 Å². The lowest BCUT2D eigenvalue weighted by atomic mass is 10.0. The number of amides is 1. The lowest BCUT2D eigenvalue weighted by Crippen LogP contribution is -2.56. The van der Waals surface area contributed by atoms with Crippen molar-refractivity contribution in [3.05, 3.63) is 53.6 Å². The van der Waals surface area contributed by atoms with Crippen molar-refractivity contribution in [1.29, 1.82) is 0 Å². The largest absolute Gasteiger partial charge is 0.371 e. The number of ether oxygens (including phenoxy) is 1. The van der Waals surface area contributed by atoms with Crippen LogP contribution in [0.2, 0.25) is 0 Å². The quantitative estimate of drug-likeness (QED) is 0.794. The Balaban J connectivity index is 1.19. The fraction of sp³-hybridized carbons (Fsp3) is 0.500. The SMILES string of the molecule is CN1C(=O)CC(c2ccncn2)NC1OC1CCN(c2ccc3c(c2)CNC3)CC1. The maximum atomic E-state index is 12.5. The number of anilines is 1. The fourth-order valence-corrected chi connectivity index (χ4v) is 4.53. The van der Waals surface area contributed by atoms with Gasteiger partial charge in [-0.15, -0.1) is 0 Å². The molecule has 2 fully saturated rings. The molecule has 3 aliphatic heterocycles. The highest BCUT2D eigenvalue weighted by Gasteiger charge is 2.35. The van der Waals surface area contributed by atoms with Gasteiger partial charge < -0.3 is 19.9 Å². The third kappa shape index (κ3) is 3.90. The first-order chi connectivity index (χ1) is 14.7. The van der Waals surface area contributed by atoms with Crippen molar-refractivity contribution in [2.75, 3.05) is 25.0 Å². The first-order valence-corrected chi connectivity index (χ1v) is 10.7. The van der Waals surface area contributed by atoms with Gasteiger partial charge in [0.2, 0.25) is 5.91 Å². The van der Waals surface area contributed by atoms with Gasteiger partial charge in [-0.3, -0.25) is 10.1 Å². The molecule has 30 heavy (non-hydrogen) atoms. The molecule has 1 aromatic heterocycles. The highest BCUT2D eigenvalue weighted by Crippen LogP contribution is 2.28. The van der Waals surface area contributed by atoms with Gasteiger partial charge in [0.1, 0.15) is 6.33 Å². The predicted molar refractivity (Wildman–Crippen MR) is 112 cm³/mol. The van der Waals surface area contributed by atoms with Gasteiger partial charge in [-0.1, -0.05) is 6.07 Å². The maximum absolute atomic E-state index is 12.5. The molecule has 0 saturated carbocycles. The summed E-state index contributed by atoms with van der Waals surface area (Å²) in [5.74, 6) is 0.0616. The number of carbonyl (C=O) groups excluding carboxylic acids is 1. The molecule has 2 N–H and O–H groups in total. The Morgan fingerprint density at radius 3 is 2.77 bits per heavy atom. The van der Waals surface area contributed by atoms with Crippen molar-refractivity contribution in [3.63, 3.8) is 0 Å². The summed E-state index contributed by atoms with van der Waals surface area (Å²) in [6.07, 6.45) is 5.15. The van der Waals surface area contributed by atoms with Crippen LogP contribution in [0.3, 0.4) is 0 Å². The zero-order valence-electron chi connectivity index (χ0n) is 17.3. The predicted octanol–water partition coefficient (Wildman–Crippen LogP) is 1.54. The number of benzene rings is 1. The Hall–Kier alpha value is -2.55. The summed E-state index contributed by atoms with van der Waals surface area (Å²) in [4.78, 5) is 24.9. The standard InChI is InChI=1S/C22H28N6O2/c1-27-21(29)11-20(19-4-7-23-14-25-19)26-22(27)30-18-5-8-28(9-6-18)17-3-2-15-12-24-13-16(15)10-17/h2-4,7,10,14,18,20,22,24,26H,5-6,8-9,11-13H2,1H3. The van der Waals surface area contributed by atoms with Crippen molar-refractivity contribution in [3.8, 4) is 0 Å². The number of piperidine rings is 1. The molecule has 1 amide bonds. The van der Waals surface area contributed by atoms with Crippen LogP contribution in [0.1, 0.15) is 42.1 Å². The molecular formula is C22H28N6O2. The molecule has 0 radical (unpaired) electrons. The number of carbonyl (C=O) groups is 1. The number of nitrogens with zero attached hydrogens (tertiary/aromatic N) is 4. The number of hydrogen-bond acceptors (Lipinski definition) is 7. The Morgan fingerprint density at radius 2 is 1.97 bits per heavy atom. The normalized spacial score (nSPS) is 24.9. The van der Waals surface area contributed by atoms with Crippen LogP contribution in [0.5, 0.6) is 0 Å². The molecule has 8 heteroatoms. The number of fused-ring (bicyclic) bond motifs is 1. The molecule has 3 aliphatic rings. The second kappa shape index (κ2) is 8.29. The molecular weight excluding hydrogens is 380 g/mol. The van der Waals surface area contributed by atoms with Crippen LogP contribution in [0, 0.1) is 0 Å². The fourth-order valence-electron chi connectivity index (χ4n) is 4.53. The van der Waals surface area contributed by atoms with E-state index in [1.807, 2.05) is 6.07 Å². The van der Waals surface area contributed by atoms with Crippen LogP contribution in [-0.4, -0.2) is 53.4 Å². The number of hydrogen-bond donors (Lipinski definition) is 2. The molecule has 2 unspecified atom stereocenters. The van der Waals surface area contributed by atoms with E-state index in [1.165, 1.54) is 23.1 Å². The number of rotatable bonds is 4. The molecule has 5 rings (SSSR count). The smallest absolute Gasteiger partial charge is 0.227 e. The van der Waals surface area contributed by atoms with Crippen molar-refractivity contribution >= 4 is 11.6 Å². The van der Waals surface area contributed by atoms with E-state index in [2.05, 4.69) is 43.7 Å². The third-order valence-corrected chi connectivity index (χ3v) is 6.38. The summed E-state index contributed by atoms with van der Waals surface area (Å²) >= 11 is 0. The van der Waals surface area contributed by atoms with E-state index in [1.54, 1.807) is 18.1 Å². The summed E-state index contributed by atoms with van der Waals surface area (Å²) in [6.45, 7) is 3.85. The lowest BCUT2D eigenvalue weighted by molar-refractivity contribution is -0.167. The summed E-state index contributed by atoms with van der Waals surface area (Å²) in [5.41, 5.74) is 4.93. The topological polar surface area (TPSA) is 82.6 Å². The van der Waals surface area contributed by atoms with Gasteiger partial charge in [0, 0.05) is 51.5 Å². The van der Waals surface area contributed by atoms with Gasteiger partial charge in [-0.25, -0.2) is 9.97 Å². The third-order valence-electron chi connectivity index (χ3n) is 6.38. The maximum Gasteiger partial charge on any atom is 0.227 e.